The normalized spacial score (nSPS) is 11.7. The number of hydrogen-bond acceptors (Lipinski definition) is 7. The van der Waals surface area contributed by atoms with E-state index in [4.69, 9.17) is 5.73 Å². The van der Waals surface area contributed by atoms with Crippen molar-refractivity contribution in [2.45, 2.75) is 6.92 Å². The Morgan fingerprint density at radius 2 is 1.87 bits per heavy atom. The molecule has 0 aromatic heterocycles. The molecule has 0 aliphatic rings. The van der Waals surface area contributed by atoms with Crippen LogP contribution < -0.4 is 16.0 Å². The van der Waals surface area contributed by atoms with E-state index in [1.807, 2.05) is 0 Å². The van der Waals surface area contributed by atoms with Crippen LogP contribution in [0.25, 0.3) is 0 Å². The second-order valence-electron chi connectivity index (χ2n) is 6.49. The number of amides is 1. The van der Waals surface area contributed by atoms with E-state index in [0.29, 0.717) is 22.8 Å². The van der Waals surface area contributed by atoms with E-state index in [1.54, 1.807) is 24.0 Å². The highest BCUT2D eigenvalue weighted by atomic mass is 19.1. The van der Waals surface area contributed by atoms with Crippen LogP contribution in [-0.4, -0.2) is 48.1 Å². The van der Waals surface area contributed by atoms with Crippen LogP contribution in [0.4, 0.5) is 21.5 Å². The van der Waals surface area contributed by atoms with Crippen LogP contribution in [0.2, 0.25) is 0 Å². The van der Waals surface area contributed by atoms with Crippen LogP contribution in [0.1, 0.15) is 12.5 Å². The maximum atomic E-state index is 13.1. The summed E-state index contributed by atoms with van der Waals surface area (Å²) in [4.78, 5) is 18.6. The van der Waals surface area contributed by atoms with E-state index in [-0.39, 0.29) is 37.4 Å². The first kappa shape index (κ1) is 23.5. The molecule has 0 spiro atoms. The first-order chi connectivity index (χ1) is 14.9. The van der Waals surface area contributed by atoms with E-state index in [0.717, 1.165) is 6.20 Å². The molecule has 0 aliphatic heterocycles. The Bertz CT molecular complexity index is 1010. The Morgan fingerprint density at radius 3 is 2.42 bits per heavy atom. The van der Waals surface area contributed by atoms with Gasteiger partial charge in [-0.05, 0) is 49.4 Å². The van der Waals surface area contributed by atoms with Gasteiger partial charge in [-0.2, -0.15) is 5.26 Å². The van der Waals surface area contributed by atoms with Gasteiger partial charge in [0.25, 0.3) is 5.91 Å². The van der Waals surface area contributed by atoms with Crippen LogP contribution in [0.15, 0.2) is 59.2 Å². The van der Waals surface area contributed by atoms with Gasteiger partial charge in [0, 0.05) is 25.0 Å². The van der Waals surface area contributed by atoms with E-state index in [2.05, 4.69) is 16.4 Å². The Labute approximate surface area is 179 Å². The number of carbonyl (C=O) groups is 1. The summed E-state index contributed by atoms with van der Waals surface area (Å²) in [6.07, 6.45) is 1.13. The minimum atomic E-state index is -0.523. The van der Waals surface area contributed by atoms with Crippen molar-refractivity contribution in [1.82, 2.24) is 0 Å². The summed E-state index contributed by atoms with van der Waals surface area (Å²) >= 11 is 0. The molecule has 9 heteroatoms. The number of hydrogen-bond donors (Lipinski definition) is 4. The molecule has 0 saturated heterocycles. The number of nitrogens with two attached hydrogens (primary N) is 1. The largest absolute Gasteiger partial charge is 0.404 e. The zero-order valence-corrected chi connectivity index (χ0v) is 17.0. The zero-order valence-electron chi connectivity index (χ0n) is 17.0. The Balaban J connectivity index is 2.23. The fourth-order valence-corrected chi connectivity index (χ4v) is 2.90. The van der Waals surface area contributed by atoms with E-state index >= 15 is 0 Å². The topological polar surface area (TPSA) is 135 Å². The van der Waals surface area contributed by atoms with Crippen molar-refractivity contribution in [3.05, 3.63) is 65.6 Å². The number of aliphatic imine (C=N–C) groups is 1. The van der Waals surface area contributed by atoms with Gasteiger partial charge >= 0.3 is 0 Å². The van der Waals surface area contributed by atoms with Crippen molar-refractivity contribution >= 4 is 28.7 Å². The van der Waals surface area contributed by atoms with Crippen LogP contribution in [0.3, 0.4) is 0 Å². The van der Waals surface area contributed by atoms with E-state index in [9.17, 15) is 24.7 Å². The van der Waals surface area contributed by atoms with E-state index in [1.165, 1.54) is 30.3 Å². The molecule has 5 N–H and O–H groups in total. The molecule has 2 rings (SSSR count). The number of anilines is 2. The molecule has 8 nitrogen and oxygen atoms in total. The van der Waals surface area contributed by atoms with Crippen LogP contribution in [-0.2, 0) is 4.79 Å². The van der Waals surface area contributed by atoms with Gasteiger partial charge in [0.05, 0.1) is 41.4 Å². The minimum absolute atomic E-state index is 0.120. The number of aliphatic hydroxyl groups excluding tert-OH is 2. The van der Waals surface area contributed by atoms with Crippen molar-refractivity contribution in [1.29, 1.82) is 5.26 Å². The fraction of sp³-hybridized carbons (Fsp3) is 0.227. The molecule has 162 valence electrons. The number of nitriles is 1. The fourth-order valence-electron chi connectivity index (χ4n) is 2.90. The quantitative estimate of drug-likeness (QED) is 0.359. The van der Waals surface area contributed by atoms with Crippen molar-refractivity contribution in [3.8, 4) is 6.07 Å². The number of nitrogens with one attached hydrogen (secondary N) is 1. The highest BCUT2D eigenvalue weighted by Gasteiger charge is 2.16. The van der Waals surface area contributed by atoms with Gasteiger partial charge in [-0.25, -0.2) is 4.39 Å². The molecule has 0 unspecified atom stereocenters. The lowest BCUT2D eigenvalue weighted by atomic mass is 10.1. The third-order valence-electron chi connectivity index (χ3n) is 4.38. The SMILES string of the molecule is CC(=Nc1ccc(F)cc1)C(=CN)C(=O)Nc1ccc(N(CCO)CCO)c(C#N)c1. The Kier molecular flexibility index (Phi) is 8.69. The summed E-state index contributed by atoms with van der Waals surface area (Å²) in [6.45, 7) is 1.83. The third kappa shape index (κ3) is 6.37. The smallest absolute Gasteiger partial charge is 0.258 e. The lowest BCUT2D eigenvalue weighted by Crippen LogP contribution is -2.30. The molecule has 2 aromatic rings. The molecular weight excluding hydrogens is 401 g/mol. The van der Waals surface area contributed by atoms with Gasteiger partial charge in [-0.15, -0.1) is 0 Å². The van der Waals surface area contributed by atoms with Gasteiger partial charge in [0.2, 0.25) is 0 Å². The number of carbonyl (C=O) groups excluding carboxylic acids is 1. The van der Waals surface area contributed by atoms with E-state index < -0.39 is 11.7 Å². The molecule has 0 radical (unpaired) electrons. The maximum Gasteiger partial charge on any atom is 0.258 e. The van der Waals surface area contributed by atoms with Gasteiger partial charge in [-0.3, -0.25) is 9.79 Å². The summed E-state index contributed by atoms with van der Waals surface area (Å²) in [5.74, 6) is -0.915. The number of halogens is 1. The molecular formula is C22H24FN5O3. The molecule has 0 bridgehead atoms. The van der Waals surface area contributed by atoms with Gasteiger partial charge in [-0.1, -0.05) is 0 Å². The highest BCUT2D eigenvalue weighted by molar-refractivity contribution is 6.25. The predicted molar refractivity (Wildman–Crippen MR) is 118 cm³/mol. The van der Waals surface area contributed by atoms with Crippen molar-refractivity contribution in [2.24, 2.45) is 10.7 Å². The monoisotopic (exact) mass is 425 g/mol. The number of nitrogens with zero attached hydrogens (tertiary/aromatic N) is 3. The zero-order chi connectivity index (χ0) is 22.8. The summed E-state index contributed by atoms with van der Waals surface area (Å²) in [6, 6.07) is 12.3. The van der Waals surface area contributed by atoms with Crippen molar-refractivity contribution < 1.29 is 19.4 Å². The van der Waals surface area contributed by atoms with Crippen LogP contribution in [0, 0.1) is 17.1 Å². The second kappa shape index (κ2) is 11.4. The predicted octanol–water partition coefficient (Wildman–Crippen LogP) is 2.06. The molecule has 0 aliphatic carbocycles. The summed E-state index contributed by atoms with van der Waals surface area (Å²) in [5, 5.41) is 30.6. The lowest BCUT2D eigenvalue weighted by molar-refractivity contribution is -0.112. The maximum absolute atomic E-state index is 13.1. The van der Waals surface area contributed by atoms with Crippen LogP contribution in [0.5, 0.6) is 0 Å². The number of benzene rings is 2. The third-order valence-corrected chi connectivity index (χ3v) is 4.38. The highest BCUT2D eigenvalue weighted by Crippen LogP contribution is 2.24. The minimum Gasteiger partial charge on any atom is -0.404 e. The average molecular weight is 425 g/mol. The second-order valence-corrected chi connectivity index (χ2v) is 6.49. The Hall–Kier alpha value is -3.74. The number of rotatable bonds is 9. The number of aliphatic hydroxyl groups is 2. The molecule has 0 saturated carbocycles. The standard InChI is InChI=1S/C22H24FN5O3/c1-15(26-18-4-2-17(23)3-5-18)20(14-25)22(31)27-19-6-7-21(16(12-19)13-24)28(8-10-29)9-11-30/h2-7,12,14,29-30H,8-11,25H2,1H3,(H,27,31). The molecule has 0 heterocycles. The first-order valence-corrected chi connectivity index (χ1v) is 9.48. The molecule has 0 atom stereocenters. The summed E-state index contributed by atoms with van der Waals surface area (Å²) in [5.41, 5.74) is 7.72. The van der Waals surface area contributed by atoms with Gasteiger partial charge < -0.3 is 26.2 Å². The molecule has 1 amide bonds. The summed E-state index contributed by atoms with van der Waals surface area (Å²) < 4.78 is 13.1. The molecule has 31 heavy (non-hydrogen) atoms. The first-order valence-electron chi connectivity index (χ1n) is 9.48. The average Bonchev–Trinajstić information content (AvgIpc) is 2.75. The van der Waals surface area contributed by atoms with Crippen molar-refractivity contribution in [3.63, 3.8) is 0 Å². The van der Waals surface area contributed by atoms with Crippen LogP contribution >= 0.6 is 0 Å². The van der Waals surface area contributed by atoms with Gasteiger partial charge in [0.15, 0.2) is 0 Å². The molecule has 0 fully saturated rings. The lowest BCUT2D eigenvalue weighted by Gasteiger charge is -2.24. The van der Waals surface area contributed by atoms with Crippen molar-refractivity contribution in [2.75, 3.05) is 36.5 Å². The Morgan fingerprint density at radius 1 is 1.23 bits per heavy atom. The van der Waals surface area contributed by atoms with Gasteiger partial charge in [0.1, 0.15) is 11.9 Å². The molecule has 2 aromatic carbocycles. The summed E-state index contributed by atoms with van der Waals surface area (Å²) in [7, 11) is 0.